The molecule has 1 aliphatic heterocycles. The highest BCUT2D eigenvalue weighted by Crippen LogP contribution is 2.70. The fourth-order valence-electron chi connectivity index (χ4n) is 6.50. The minimum Gasteiger partial charge on any atom is -0.454 e. The summed E-state index contributed by atoms with van der Waals surface area (Å²) in [6.07, 6.45) is 1.61. The molecule has 7 heteroatoms. The summed E-state index contributed by atoms with van der Waals surface area (Å²) in [5, 5.41) is 3.32. The predicted octanol–water partition coefficient (Wildman–Crippen LogP) is 6.48. The maximum Gasteiger partial charge on any atom is 0.237 e. The quantitative estimate of drug-likeness (QED) is 0.340. The molecule has 0 radical (unpaired) electrons. The summed E-state index contributed by atoms with van der Waals surface area (Å²) in [6.45, 7) is 6.83. The molecule has 2 heterocycles. The van der Waals surface area contributed by atoms with E-state index in [0.29, 0.717) is 11.5 Å². The lowest BCUT2D eigenvalue weighted by molar-refractivity contribution is -0.125. The van der Waals surface area contributed by atoms with Gasteiger partial charge in [-0.2, -0.15) is 0 Å². The number of aromatic nitrogens is 2. The van der Waals surface area contributed by atoms with Crippen LogP contribution in [0.1, 0.15) is 45.0 Å². The highest BCUT2D eigenvalue weighted by Gasteiger charge is 2.73. The number of ether oxygens (including phenoxy) is 2. The number of nitrogens with zero attached hydrogens (tertiary/aromatic N) is 2. The maximum atomic E-state index is 14.4. The Morgan fingerprint density at radius 3 is 2.24 bits per heavy atom. The molecule has 0 spiro atoms. The second kappa shape index (κ2) is 7.71. The van der Waals surface area contributed by atoms with Crippen LogP contribution in [0.4, 0.5) is 5.69 Å². The van der Waals surface area contributed by atoms with Crippen LogP contribution in [0.2, 0.25) is 0 Å². The van der Waals surface area contributed by atoms with E-state index < -0.39 is 5.41 Å². The van der Waals surface area contributed by atoms with Crippen molar-refractivity contribution in [3.63, 3.8) is 0 Å². The van der Waals surface area contributed by atoms with E-state index in [1.165, 1.54) is 0 Å². The smallest absolute Gasteiger partial charge is 0.237 e. The van der Waals surface area contributed by atoms with Crippen LogP contribution in [0.3, 0.4) is 0 Å². The number of carbonyl (C=O) groups is 1. The number of carbonyl (C=O) groups excluding carboxylic acids is 1. The number of fused-ring (bicyclic) bond motifs is 7. The first-order valence-electron chi connectivity index (χ1n) is 12.6. The Morgan fingerprint density at radius 2 is 1.51 bits per heavy atom. The van der Waals surface area contributed by atoms with Crippen LogP contribution in [-0.4, -0.2) is 22.7 Å². The summed E-state index contributed by atoms with van der Waals surface area (Å²) in [6, 6.07) is 22.0. The average Bonchev–Trinajstić information content (AvgIpc) is 3.47. The summed E-state index contributed by atoms with van der Waals surface area (Å²) < 4.78 is 11.2. The van der Waals surface area contributed by atoms with Gasteiger partial charge in [-0.05, 0) is 42.5 Å². The van der Waals surface area contributed by atoms with Crippen LogP contribution in [0.15, 0.2) is 76.5 Å². The van der Waals surface area contributed by atoms with E-state index in [2.05, 4.69) is 38.2 Å². The van der Waals surface area contributed by atoms with Gasteiger partial charge in [-0.1, -0.05) is 62.9 Å². The van der Waals surface area contributed by atoms with E-state index in [1.54, 1.807) is 11.8 Å². The van der Waals surface area contributed by atoms with Crippen molar-refractivity contribution in [2.75, 3.05) is 12.1 Å². The molecule has 1 amide bonds. The summed E-state index contributed by atoms with van der Waals surface area (Å²) in [5.74, 6) is 1.34. The number of hydrogen-bond acceptors (Lipinski definition) is 6. The molecule has 37 heavy (non-hydrogen) atoms. The molecule has 1 saturated carbocycles. The van der Waals surface area contributed by atoms with E-state index in [1.807, 2.05) is 54.6 Å². The van der Waals surface area contributed by atoms with Gasteiger partial charge >= 0.3 is 0 Å². The van der Waals surface area contributed by atoms with Crippen LogP contribution in [-0.2, 0) is 15.6 Å². The maximum absolute atomic E-state index is 14.4. The van der Waals surface area contributed by atoms with Crippen LogP contribution in [0, 0.1) is 5.41 Å². The third kappa shape index (κ3) is 2.98. The van der Waals surface area contributed by atoms with E-state index >= 15 is 0 Å². The Hall–Kier alpha value is -3.58. The van der Waals surface area contributed by atoms with Gasteiger partial charge in [0, 0.05) is 27.3 Å². The van der Waals surface area contributed by atoms with Gasteiger partial charge in [0.25, 0.3) is 0 Å². The summed E-state index contributed by atoms with van der Waals surface area (Å²) >= 11 is 1.65. The molecule has 1 N–H and O–H groups in total. The molecule has 3 aromatic carbocycles. The van der Waals surface area contributed by atoms with Gasteiger partial charge in [0.05, 0.1) is 33.5 Å². The van der Waals surface area contributed by atoms with Crippen molar-refractivity contribution in [3.05, 3.63) is 78.1 Å². The number of amides is 1. The van der Waals surface area contributed by atoms with Gasteiger partial charge in [0.15, 0.2) is 11.5 Å². The van der Waals surface area contributed by atoms with Crippen molar-refractivity contribution >= 4 is 34.4 Å². The van der Waals surface area contributed by atoms with Crippen molar-refractivity contribution in [2.45, 2.75) is 54.2 Å². The summed E-state index contributed by atoms with van der Waals surface area (Å²) in [4.78, 5) is 26.8. The molecule has 186 valence electrons. The van der Waals surface area contributed by atoms with E-state index in [9.17, 15) is 4.79 Å². The van der Waals surface area contributed by atoms with Crippen LogP contribution in [0.5, 0.6) is 11.5 Å². The lowest BCUT2D eigenvalue weighted by Gasteiger charge is -2.39. The monoisotopic (exact) mass is 509 g/mol. The Morgan fingerprint density at radius 1 is 0.865 bits per heavy atom. The standard InChI is InChI=1S/C30H27N3O3S/c1-28(2)29(3)13-14-30(28,26-25(29)31-20-15-22-23(36-17-35-22)16-21(20)32-26)27(34)33-19-11-7-8-12-24(19)37-18-9-5-4-6-10-18/h4-12,15-16H,13-14,17H2,1-3H3,(H,33,34). The van der Waals surface area contributed by atoms with Gasteiger partial charge in [0.1, 0.15) is 0 Å². The highest BCUT2D eigenvalue weighted by molar-refractivity contribution is 7.99. The van der Waals surface area contributed by atoms with E-state index in [4.69, 9.17) is 19.4 Å². The SMILES string of the molecule is CC12CCC(C(=O)Nc3ccccc3Sc3ccccc3)(c3nc4cc5c(cc4nc31)OCO5)C2(C)C. The van der Waals surface area contributed by atoms with Crippen LogP contribution < -0.4 is 14.8 Å². The van der Waals surface area contributed by atoms with Crippen molar-refractivity contribution in [1.82, 2.24) is 9.97 Å². The Labute approximate surface area is 219 Å². The lowest BCUT2D eigenvalue weighted by Crippen LogP contribution is -2.48. The molecule has 7 rings (SSSR count). The number of hydrogen-bond donors (Lipinski definition) is 1. The fraction of sp³-hybridized carbons (Fsp3) is 0.300. The summed E-state index contributed by atoms with van der Waals surface area (Å²) in [5.41, 5.74) is 2.59. The molecule has 2 unspecified atom stereocenters. The predicted molar refractivity (Wildman–Crippen MR) is 143 cm³/mol. The number of para-hydroxylation sites is 1. The number of benzene rings is 3. The third-order valence-corrected chi connectivity index (χ3v) is 10.1. The van der Waals surface area contributed by atoms with Crippen LogP contribution >= 0.6 is 11.8 Å². The van der Waals surface area contributed by atoms with Crippen molar-refractivity contribution in [2.24, 2.45) is 5.41 Å². The highest BCUT2D eigenvalue weighted by atomic mass is 32.2. The minimum absolute atomic E-state index is 0.0181. The molecule has 4 aromatic rings. The fourth-order valence-corrected chi connectivity index (χ4v) is 7.42. The molecular weight excluding hydrogens is 482 g/mol. The summed E-state index contributed by atoms with van der Waals surface area (Å²) in [7, 11) is 0. The number of anilines is 1. The largest absolute Gasteiger partial charge is 0.454 e. The second-order valence-corrected chi connectivity index (χ2v) is 12.0. The molecule has 1 fully saturated rings. The first kappa shape index (κ1) is 22.6. The molecule has 1 aromatic heterocycles. The Bertz CT molecular complexity index is 1590. The van der Waals surface area contributed by atoms with Gasteiger partial charge in [0.2, 0.25) is 12.7 Å². The molecular formula is C30H27N3O3S. The van der Waals surface area contributed by atoms with Crippen molar-refractivity contribution in [3.8, 4) is 11.5 Å². The normalized spacial score (nSPS) is 24.3. The lowest BCUT2D eigenvalue weighted by atomic mass is 9.63. The molecule has 6 nitrogen and oxygen atoms in total. The second-order valence-electron chi connectivity index (χ2n) is 10.8. The third-order valence-electron chi connectivity index (χ3n) is 9.03. The topological polar surface area (TPSA) is 73.3 Å². The minimum atomic E-state index is -0.792. The van der Waals surface area contributed by atoms with Crippen molar-refractivity contribution in [1.29, 1.82) is 0 Å². The zero-order valence-electron chi connectivity index (χ0n) is 21.0. The van der Waals surface area contributed by atoms with E-state index in [0.717, 1.165) is 50.7 Å². The van der Waals surface area contributed by atoms with Gasteiger partial charge in [-0.15, -0.1) is 0 Å². The molecule has 2 bridgehead atoms. The molecule has 3 aliphatic rings. The Kier molecular flexibility index (Phi) is 4.71. The number of nitrogens with one attached hydrogen (secondary N) is 1. The van der Waals surface area contributed by atoms with Crippen LogP contribution in [0.25, 0.3) is 11.0 Å². The first-order valence-corrected chi connectivity index (χ1v) is 13.4. The molecule has 0 saturated heterocycles. The average molecular weight is 510 g/mol. The van der Waals surface area contributed by atoms with Gasteiger partial charge in [-0.25, -0.2) is 9.97 Å². The first-order chi connectivity index (χ1) is 17.8. The molecule has 2 aliphatic carbocycles. The van der Waals surface area contributed by atoms with Gasteiger partial charge < -0.3 is 14.8 Å². The van der Waals surface area contributed by atoms with E-state index in [-0.39, 0.29) is 23.5 Å². The number of rotatable bonds is 4. The van der Waals surface area contributed by atoms with Gasteiger partial charge in [-0.3, -0.25) is 4.79 Å². The zero-order chi connectivity index (χ0) is 25.4. The molecule has 2 atom stereocenters. The van der Waals surface area contributed by atoms with Crippen molar-refractivity contribution < 1.29 is 14.3 Å². The zero-order valence-corrected chi connectivity index (χ0v) is 21.8. The Balaban J connectivity index is 1.33.